The molecule has 0 radical (unpaired) electrons. The van der Waals surface area contributed by atoms with Crippen LogP contribution in [0.3, 0.4) is 0 Å². The molecule has 1 heterocycles. The summed E-state index contributed by atoms with van der Waals surface area (Å²) in [6, 6.07) is 6.91. The lowest BCUT2D eigenvalue weighted by Gasteiger charge is -2.16. The van der Waals surface area contributed by atoms with Crippen LogP contribution in [0.4, 0.5) is 0 Å². The van der Waals surface area contributed by atoms with Crippen LogP contribution in [0, 0.1) is 6.92 Å². The lowest BCUT2D eigenvalue weighted by atomic mass is 10.1. The maximum atomic E-state index is 11.2. The third-order valence-electron chi connectivity index (χ3n) is 3.29. The molecule has 2 N–H and O–H groups in total. The fourth-order valence-electron chi connectivity index (χ4n) is 2.12. The fraction of sp³-hybridized carbons (Fsp3) is 0.429. The third kappa shape index (κ3) is 3.63. The van der Waals surface area contributed by atoms with Crippen LogP contribution in [-0.2, 0) is 17.6 Å². The van der Waals surface area contributed by atoms with E-state index in [4.69, 9.17) is 0 Å². The minimum absolute atomic E-state index is 0.448. The molecule has 7 nitrogen and oxygen atoms in total. The van der Waals surface area contributed by atoms with Crippen molar-refractivity contribution in [1.29, 1.82) is 0 Å². The molecule has 1 aromatic carbocycles. The van der Waals surface area contributed by atoms with E-state index in [1.807, 2.05) is 31.2 Å². The molecule has 21 heavy (non-hydrogen) atoms. The summed E-state index contributed by atoms with van der Waals surface area (Å²) < 4.78 is 1.18. The number of aliphatic hydroxyl groups is 1. The van der Waals surface area contributed by atoms with E-state index in [9.17, 15) is 15.0 Å². The van der Waals surface area contributed by atoms with E-state index in [1.165, 1.54) is 17.2 Å². The minimum Gasteiger partial charge on any atom is -0.480 e. The van der Waals surface area contributed by atoms with Gasteiger partial charge in [-0.25, -0.2) is 9.48 Å². The number of aliphatic hydroxyl groups excluding tert-OH is 1. The highest BCUT2D eigenvalue weighted by Crippen LogP contribution is 2.14. The molecule has 2 aromatic rings. The topological polar surface area (TPSA) is 101 Å². The molecule has 2 rings (SSSR count). The maximum Gasteiger partial charge on any atom is 0.331 e. The first-order chi connectivity index (χ1) is 9.99. The van der Waals surface area contributed by atoms with Gasteiger partial charge >= 0.3 is 5.97 Å². The number of aliphatic carboxylic acids is 1. The smallest absolute Gasteiger partial charge is 0.331 e. The predicted molar refractivity (Wildman–Crippen MR) is 74.8 cm³/mol. The lowest BCUT2D eigenvalue weighted by Crippen LogP contribution is -2.31. The van der Waals surface area contributed by atoms with E-state index in [0.29, 0.717) is 18.7 Å². The monoisotopic (exact) mass is 290 g/mol. The molecular weight excluding hydrogens is 272 g/mol. The summed E-state index contributed by atoms with van der Waals surface area (Å²) in [6.45, 7) is 3.43. The summed E-state index contributed by atoms with van der Waals surface area (Å²) in [5.74, 6) is -0.710. The Labute approximate surface area is 122 Å². The van der Waals surface area contributed by atoms with Crippen LogP contribution in [0.25, 0.3) is 0 Å². The highest BCUT2D eigenvalue weighted by atomic mass is 16.4. The summed E-state index contributed by atoms with van der Waals surface area (Å²) in [7, 11) is 0. The van der Waals surface area contributed by atoms with Crippen molar-refractivity contribution >= 4 is 5.97 Å². The standard InChI is InChI=1S/C14H18N4O3/c1-9-3-5-11(6-4-9)7-8-12-15-16-17-18(12)13(10(2)19)14(20)21/h3-6,10,13,19H,7-8H2,1-2H3,(H,20,21). The van der Waals surface area contributed by atoms with Crippen molar-refractivity contribution in [2.45, 2.75) is 38.8 Å². The first kappa shape index (κ1) is 15.1. The van der Waals surface area contributed by atoms with E-state index in [-0.39, 0.29) is 0 Å². The molecule has 112 valence electrons. The molecular formula is C14H18N4O3. The van der Waals surface area contributed by atoms with Crippen LogP contribution in [0.15, 0.2) is 24.3 Å². The van der Waals surface area contributed by atoms with Crippen LogP contribution in [0.1, 0.15) is 29.9 Å². The zero-order chi connectivity index (χ0) is 15.4. The van der Waals surface area contributed by atoms with Crippen LogP contribution in [0.2, 0.25) is 0 Å². The normalized spacial score (nSPS) is 13.9. The number of hydrogen-bond donors (Lipinski definition) is 2. The third-order valence-corrected chi connectivity index (χ3v) is 3.29. The van der Waals surface area contributed by atoms with Gasteiger partial charge in [-0.15, -0.1) is 5.10 Å². The second kappa shape index (κ2) is 6.45. The number of benzene rings is 1. The van der Waals surface area contributed by atoms with Gasteiger partial charge in [0.1, 0.15) is 0 Å². The van der Waals surface area contributed by atoms with Crippen LogP contribution in [0.5, 0.6) is 0 Å². The van der Waals surface area contributed by atoms with Crippen LogP contribution >= 0.6 is 0 Å². The van der Waals surface area contributed by atoms with E-state index in [2.05, 4.69) is 15.5 Å². The largest absolute Gasteiger partial charge is 0.480 e. The Hall–Kier alpha value is -2.28. The zero-order valence-electron chi connectivity index (χ0n) is 12.0. The molecule has 2 unspecified atom stereocenters. The second-order valence-electron chi connectivity index (χ2n) is 5.05. The second-order valence-corrected chi connectivity index (χ2v) is 5.05. The molecule has 0 amide bonds. The van der Waals surface area contributed by atoms with Gasteiger partial charge in [0.2, 0.25) is 0 Å². The molecule has 0 aliphatic carbocycles. The van der Waals surface area contributed by atoms with Crippen molar-refractivity contribution in [3.8, 4) is 0 Å². The summed E-state index contributed by atoms with van der Waals surface area (Å²) in [5, 5.41) is 29.9. The molecule has 0 fully saturated rings. The summed E-state index contributed by atoms with van der Waals surface area (Å²) in [6.07, 6.45) is 0.128. The number of carboxylic acids is 1. The molecule has 0 spiro atoms. The molecule has 7 heteroatoms. The van der Waals surface area contributed by atoms with Gasteiger partial charge in [0.25, 0.3) is 0 Å². The Morgan fingerprint density at radius 3 is 2.52 bits per heavy atom. The van der Waals surface area contributed by atoms with Gasteiger partial charge in [-0.2, -0.15) is 0 Å². The van der Waals surface area contributed by atoms with Crippen molar-refractivity contribution in [1.82, 2.24) is 20.2 Å². The Bertz CT molecular complexity index is 607. The average molecular weight is 290 g/mol. The number of hydrogen-bond acceptors (Lipinski definition) is 5. The van der Waals surface area contributed by atoms with Crippen LogP contribution in [-0.4, -0.2) is 42.5 Å². The van der Waals surface area contributed by atoms with Crippen molar-refractivity contribution in [2.24, 2.45) is 0 Å². The molecule has 0 aliphatic heterocycles. The van der Waals surface area contributed by atoms with E-state index in [0.717, 1.165) is 5.56 Å². The van der Waals surface area contributed by atoms with Gasteiger partial charge in [0.15, 0.2) is 11.9 Å². The van der Waals surface area contributed by atoms with E-state index >= 15 is 0 Å². The Balaban J connectivity index is 2.13. The van der Waals surface area contributed by atoms with E-state index < -0.39 is 18.1 Å². The number of carbonyl (C=O) groups is 1. The van der Waals surface area contributed by atoms with Gasteiger partial charge < -0.3 is 10.2 Å². The summed E-state index contributed by atoms with van der Waals surface area (Å²) in [5.41, 5.74) is 2.31. The quantitative estimate of drug-likeness (QED) is 0.815. The van der Waals surface area contributed by atoms with Gasteiger partial charge in [0, 0.05) is 6.42 Å². The fourth-order valence-corrected chi connectivity index (χ4v) is 2.12. The van der Waals surface area contributed by atoms with Crippen molar-refractivity contribution in [2.75, 3.05) is 0 Å². The SMILES string of the molecule is Cc1ccc(CCc2nnnn2C(C(=O)O)C(C)O)cc1. The Morgan fingerprint density at radius 2 is 1.95 bits per heavy atom. The highest BCUT2D eigenvalue weighted by molar-refractivity contribution is 5.72. The van der Waals surface area contributed by atoms with Crippen molar-refractivity contribution < 1.29 is 15.0 Å². The summed E-state index contributed by atoms with van der Waals surface area (Å²) in [4.78, 5) is 11.2. The molecule has 0 saturated heterocycles. The molecule has 2 atom stereocenters. The molecule has 0 aliphatic rings. The van der Waals surface area contributed by atoms with Gasteiger partial charge in [-0.05, 0) is 36.3 Å². The summed E-state index contributed by atoms with van der Waals surface area (Å²) >= 11 is 0. The predicted octanol–water partition coefficient (Wildman–Crippen LogP) is 0.773. The zero-order valence-corrected chi connectivity index (χ0v) is 12.0. The van der Waals surface area contributed by atoms with Gasteiger partial charge in [-0.3, -0.25) is 0 Å². The van der Waals surface area contributed by atoms with E-state index in [1.54, 1.807) is 0 Å². The number of nitrogens with zero attached hydrogens (tertiary/aromatic N) is 4. The first-order valence-electron chi connectivity index (χ1n) is 6.72. The van der Waals surface area contributed by atoms with Gasteiger partial charge in [0.05, 0.1) is 6.10 Å². The van der Waals surface area contributed by atoms with Gasteiger partial charge in [-0.1, -0.05) is 29.8 Å². The maximum absolute atomic E-state index is 11.2. The number of aromatic nitrogens is 4. The number of tetrazole rings is 1. The first-order valence-corrected chi connectivity index (χ1v) is 6.72. The van der Waals surface area contributed by atoms with Crippen molar-refractivity contribution in [3.63, 3.8) is 0 Å². The van der Waals surface area contributed by atoms with Crippen molar-refractivity contribution in [3.05, 3.63) is 41.2 Å². The Morgan fingerprint density at radius 1 is 1.29 bits per heavy atom. The number of carboxylic acid groups (broad SMARTS) is 1. The number of rotatable bonds is 6. The average Bonchev–Trinajstić information content (AvgIpc) is 2.85. The molecule has 0 saturated carbocycles. The highest BCUT2D eigenvalue weighted by Gasteiger charge is 2.28. The van der Waals surface area contributed by atoms with Crippen LogP contribution < -0.4 is 0 Å². The molecule has 0 bridgehead atoms. The minimum atomic E-state index is -1.17. The lowest BCUT2D eigenvalue weighted by molar-refractivity contribution is -0.144. The number of aryl methyl sites for hydroxylation is 3. The Kier molecular flexibility index (Phi) is 4.64. The molecule has 1 aromatic heterocycles.